The van der Waals surface area contributed by atoms with Gasteiger partial charge in [-0.1, -0.05) is 53.2 Å². The van der Waals surface area contributed by atoms with Crippen molar-refractivity contribution >= 4 is 5.78 Å². The Kier molecular flexibility index (Phi) is 12.5. The smallest absolute Gasteiger partial charge is 0.187 e. The Hall–Kier alpha value is -1.11. The van der Waals surface area contributed by atoms with E-state index >= 15 is 0 Å². The number of aliphatic hydroxyl groups excluding tert-OH is 8. The van der Waals surface area contributed by atoms with Crippen molar-refractivity contribution in [1.29, 1.82) is 0 Å². The van der Waals surface area contributed by atoms with Gasteiger partial charge in [0.1, 0.15) is 54.6 Å². The highest BCUT2D eigenvalue weighted by Gasteiger charge is 2.70. The molecule has 3 saturated carbocycles. The van der Waals surface area contributed by atoms with Gasteiger partial charge < -0.3 is 64.9 Å². The summed E-state index contributed by atoms with van der Waals surface area (Å²) < 4.78 is 23.8. The van der Waals surface area contributed by atoms with Crippen LogP contribution in [0.4, 0.5) is 0 Å². The monoisotopic (exact) mass is 798 g/mol. The molecule has 9 N–H and O–H groups in total. The molecule has 14 nitrogen and oxygen atoms in total. The highest BCUT2D eigenvalue weighted by atomic mass is 16.7. The fourth-order valence-corrected chi connectivity index (χ4v) is 12.5. The maximum absolute atomic E-state index is 14.9. The van der Waals surface area contributed by atoms with Crippen molar-refractivity contribution in [2.75, 3.05) is 13.2 Å². The Balaban J connectivity index is 1.17. The van der Waals surface area contributed by atoms with Crippen LogP contribution in [0.25, 0.3) is 0 Å². The third kappa shape index (κ3) is 7.07. The number of carbonyl (C=O) groups excluding carboxylic acids is 1. The average molecular weight is 799 g/mol. The van der Waals surface area contributed by atoms with Crippen LogP contribution in [0.2, 0.25) is 0 Å². The molecule has 0 aromatic heterocycles. The van der Waals surface area contributed by atoms with Crippen LogP contribution in [0.3, 0.4) is 0 Å². The molecule has 14 heteroatoms. The first-order valence-electron chi connectivity index (χ1n) is 20.9. The van der Waals surface area contributed by atoms with E-state index in [0.717, 1.165) is 24.8 Å². The lowest BCUT2D eigenvalue weighted by atomic mass is 9.38. The van der Waals surface area contributed by atoms with Crippen LogP contribution in [-0.2, 0) is 23.7 Å². The molecule has 0 bridgehead atoms. The van der Waals surface area contributed by atoms with Crippen molar-refractivity contribution in [1.82, 2.24) is 0 Å². The van der Waals surface area contributed by atoms with Gasteiger partial charge in [0.2, 0.25) is 0 Å². The molecule has 0 radical (unpaired) electrons. The van der Waals surface area contributed by atoms with E-state index in [9.17, 15) is 50.8 Å². The van der Waals surface area contributed by atoms with Gasteiger partial charge in [0, 0.05) is 17.3 Å². The van der Waals surface area contributed by atoms with E-state index in [4.69, 9.17) is 18.9 Å². The SMILES string of the molecule is CC(CC[C@@H](O[C@@H]1O[C@H](CO)[C@@H](O)[C@H](O)[C@H]1O)C(C)(C)O)C1CC[C@@]2(C)C3CC=C4C(CC[C@H](O[C@@H]5O[C@H](CO)[C@@H](O)[C@H](O)[C@H]5O)C4(C)C)[C@]3(C)C(=O)C[C@]12C. The van der Waals surface area contributed by atoms with E-state index < -0.39 is 103 Å². The number of ether oxygens (including phenoxy) is 4. The largest absolute Gasteiger partial charge is 0.394 e. The van der Waals surface area contributed by atoms with E-state index in [0.29, 0.717) is 32.1 Å². The van der Waals surface area contributed by atoms with Crippen molar-refractivity contribution in [3.05, 3.63) is 11.6 Å². The number of hydrogen-bond donors (Lipinski definition) is 9. The van der Waals surface area contributed by atoms with Crippen molar-refractivity contribution in [2.45, 2.75) is 186 Å². The molecule has 2 aliphatic heterocycles. The lowest BCUT2D eigenvalue weighted by molar-refractivity contribution is -0.322. The molecule has 19 atom stereocenters. The molecule has 56 heavy (non-hydrogen) atoms. The van der Waals surface area contributed by atoms with Gasteiger partial charge in [-0.15, -0.1) is 0 Å². The van der Waals surface area contributed by atoms with Crippen molar-refractivity contribution in [2.24, 2.45) is 45.3 Å². The van der Waals surface area contributed by atoms with Gasteiger partial charge in [0.15, 0.2) is 12.6 Å². The van der Waals surface area contributed by atoms with E-state index in [1.807, 2.05) is 0 Å². The van der Waals surface area contributed by atoms with Crippen LogP contribution >= 0.6 is 0 Å². The summed E-state index contributed by atoms with van der Waals surface area (Å²) in [5.41, 5.74) is -1.70. The predicted molar refractivity (Wildman–Crippen MR) is 201 cm³/mol. The van der Waals surface area contributed by atoms with Gasteiger partial charge in [-0.3, -0.25) is 4.79 Å². The highest BCUT2D eigenvalue weighted by Crippen LogP contribution is 2.74. The zero-order valence-corrected chi connectivity index (χ0v) is 34.5. The summed E-state index contributed by atoms with van der Waals surface area (Å²) in [5.74, 6) is 0.778. The van der Waals surface area contributed by atoms with Crippen LogP contribution in [0.15, 0.2) is 11.6 Å². The zero-order valence-electron chi connectivity index (χ0n) is 34.5. The Morgan fingerprint density at radius 1 is 0.804 bits per heavy atom. The van der Waals surface area contributed by atoms with Crippen molar-refractivity contribution in [3.8, 4) is 0 Å². The fraction of sp³-hybridized carbons (Fsp3) is 0.929. The zero-order chi connectivity index (χ0) is 41.5. The summed E-state index contributed by atoms with van der Waals surface area (Å²) in [4.78, 5) is 14.9. The fourth-order valence-electron chi connectivity index (χ4n) is 12.5. The molecule has 4 unspecified atom stereocenters. The molecule has 322 valence electrons. The molecule has 4 aliphatic carbocycles. The minimum Gasteiger partial charge on any atom is -0.394 e. The summed E-state index contributed by atoms with van der Waals surface area (Å²) in [6.45, 7) is 15.4. The molecule has 2 heterocycles. The molecular formula is C42H70O14. The Bertz CT molecular complexity index is 1440. The number of hydrogen-bond acceptors (Lipinski definition) is 14. The van der Waals surface area contributed by atoms with Crippen molar-refractivity contribution in [3.63, 3.8) is 0 Å². The van der Waals surface area contributed by atoms with Gasteiger partial charge in [-0.05, 0) is 93.3 Å². The number of aliphatic hydroxyl groups is 9. The second-order valence-corrected chi connectivity index (χ2v) is 20.0. The summed E-state index contributed by atoms with van der Waals surface area (Å²) in [6, 6.07) is 0. The number of Topliss-reactive ketones (excluding diaryl/α,β-unsaturated/α-hetero) is 1. The lowest BCUT2D eigenvalue weighted by Gasteiger charge is -2.65. The average Bonchev–Trinajstić information content (AvgIpc) is 3.40. The number of ketones is 1. The van der Waals surface area contributed by atoms with Crippen LogP contribution in [0.1, 0.15) is 107 Å². The van der Waals surface area contributed by atoms with E-state index in [1.54, 1.807) is 13.8 Å². The van der Waals surface area contributed by atoms with Crippen LogP contribution in [-0.4, -0.2) is 144 Å². The topological polar surface area (TPSA) is 236 Å². The van der Waals surface area contributed by atoms with Crippen LogP contribution in [0.5, 0.6) is 0 Å². The van der Waals surface area contributed by atoms with E-state index in [-0.39, 0.29) is 40.3 Å². The first kappa shape index (κ1) is 44.4. The summed E-state index contributed by atoms with van der Waals surface area (Å²) in [7, 11) is 0. The van der Waals surface area contributed by atoms with E-state index in [1.165, 1.54) is 0 Å². The summed E-state index contributed by atoms with van der Waals surface area (Å²) in [6.07, 6.45) is -7.32. The first-order valence-corrected chi connectivity index (χ1v) is 20.9. The maximum atomic E-state index is 14.9. The molecule has 0 amide bonds. The molecule has 6 aliphatic rings. The molecular weight excluding hydrogens is 728 g/mol. The third-order valence-electron chi connectivity index (χ3n) is 16.3. The van der Waals surface area contributed by atoms with Crippen LogP contribution < -0.4 is 0 Å². The Morgan fingerprint density at radius 2 is 1.38 bits per heavy atom. The lowest BCUT2D eigenvalue weighted by Crippen LogP contribution is -2.64. The second kappa shape index (κ2) is 15.7. The molecule has 2 saturated heterocycles. The predicted octanol–water partition coefficient (Wildman–Crippen LogP) is 1.33. The standard InChI is InChI=1S/C42H70O14/c1-20(9-13-29(39(4,5)52)56-37-35(51)33(49)31(47)25(19-44)54-37)21-15-16-40(6)26-12-10-22-23(42(26,8)27(45)17-41(21,40)7)11-14-28(38(22,2)3)55-36-34(50)32(48)30(46)24(18-43)53-36/h10,20-21,23-26,28-37,43-44,46-52H,9,11-19H2,1-8H3/t20?,21?,23?,24-,25-,26?,28+,29-,30-,31-,32+,33+,34-,35-,36+,37+,40+,41-,42+/m1/s1. The molecule has 5 fully saturated rings. The highest BCUT2D eigenvalue weighted by molar-refractivity contribution is 5.88. The first-order chi connectivity index (χ1) is 26.0. The summed E-state index contributed by atoms with van der Waals surface area (Å²) >= 11 is 0. The number of fused-ring (bicyclic) bond motifs is 5. The Morgan fingerprint density at radius 3 is 1.95 bits per heavy atom. The van der Waals surface area contributed by atoms with Gasteiger partial charge in [0.05, 0.1) is 31.0 Å². The Labute approximate surface area is 331 Å². The molecule has 0 aromatic carbocycles. The number of carbonyl (C=O) groups is 1. The number of rotatable bonds is 11. The maximum Gasteiger partial charge on any atom is 0.187 e. The third-order valence-corrected chi connectivity index (χ3v) is 16.3. The molecule has 0 spiro atoms. The minimum absolute atomic E-state index is 0.00311. The molecule has 6 rings (SSSR count). The number of allylic oxidation sites excluding steroid dienone is 1. The summed E-state index contributed by atoms with van der Waals surface area (Å²) in [5, 5.41) is 93.1. The van der Waals surface area contributed by atoms with Gasteiger partial charge >= 0.3 is 0 Å². The van der Waals surface area contributed by atoms with Gasteiger partial charge in [-0.25, -0.2) is 0 Å². The minimum atomic E-state index is -1.59. The van der Waals surface area contributed by atoms with Gasteiger partial charge in [-0.2, -0.15) is 0 Å². The normalized spacial score (nSPS) is 49.0. The van der Waals surface area contributed by atoms with Crippen LogP contribution in [0, 0.1) is 45.3 Å². The van der Waals surface area contributed by atoms with Gasteiger partial charge in [0.25, 0.3) is 0 Å². The second-order valence-electron chi connectivity index (χ2n) is 20.0. The quantitative estimate of drug-likeness (QED) is 0.134. The van der Waals surface area contributed by atoms with E-state index in [2.05, 4.69) is 47.6 Å². The molecule has 0 aromatic rings. The van der Waals surface area contributed by atoms with Crippen molar-refractivity contribution < 1.29 is 69.7 Å².